The van der Waals surface area contributed by atoms with Crippen LogP contribution in [0.5, 0.6) is 0 Å². The molecule has 0 aliphatic rings. The summed E-state index contributed by atoms with van der Waals surface area (Å²) in [6.07, 6.45) is 0. The van der Waals surface area contributed by atoms with Crippen LogP contribution in [0, 0.1) is 5.82 Å². The van der Waals surface area contributed by atoms with Crippen molar-refractivity contribution in [3.8, 4) is 0 Å². The maximum atomic E-state index is 14.0. The predicted octanol–water partition coefficient (Wildman–Crippen LogP) is 3.81. The zero-order chi connectivity index (χ0) is 14.1. The fraction of sp³-hybridized carbons (Fsp3) is 0. The summed E-state index contributed by atoms with van der Waals surface area (Å²) in [5.74, 6) is -0.408. The quantitative estimate of drug-likeness (QED) is 0.722. The van der Waals surface area contributed by atoms with E-state index in [4.69, 9.17) is 18.0 Å². The summed E-state index contributed by atoms with van der Waals surface area (Å²) in [7, 11) is 0. The number of fused-ring (bicyclic) bond motifs is 1. The molecule has 0 aliphatic heterocycles. The number of nitrogens with two attached hydrogens (primary N) is 1. The van der Waals surface area contributed by atoms with Crippen LogP contribution in [0.1, 0.15) is 5.56 Å². The number of halogens is 1. The van der Waals surface area contributed by atoms with Gasteiger partial charge in [-0.25, -0.2) is 9.37 Å². The van der Waals surface area contributed by atoms with Gasteiger partial charge in [0, 0.05) is 5.56 Å². The van der Waals surface area contributed by atoms with Crippen LogP contribution in [0.4, 0.5) is 15.2 Å². The molecule has 0 radical (unpaired) electrons. The summed E-state index contributed by atoms with van der Waals surface area (Å²) in [5, 5.41) is 3.62. The molecule has 0 atom stereocenters. The maximum Gasteiger partial charge on any atom is 0.188 e. The van der Waals surface area contributed by atoms with Crippen LogP contribution in [0.2, 0.25) is 0 Å². The van der Waals surface area contributed by atoms with E-state index in [-0.39, 0.29) is 4.99 Å². The van der Waals surface area contributed by atoms with Gasteiger partial charge in [0.15, 0.2) is 5.13 Å². The Morgan fingerprint density at radius 1 is 1.25 bits per heavy atom. The molecule has 20 heavy (non-hydrogen) atoms. The van der Waals surface area contributed by atoms with Gasteiger partial charge in [0.05, 0.1) is 15.9 Å². The smallest absolute Gasteiger partial charge is 0.188 e. The second-order valence-corrected chi connectivity index (χ2v) is 5.64. The molecule has 0 saturated heterocycles. The van der Waals surface area contributed by atoms with E-state index in [0.29, 0.717) is 16.4 Å². The number of para-hydroxylation sites is 1. The third kappa shape index (κ3) is 2.48. The van der Waals surface area contributed by atoms with Gasteiger partial charge >= 0.3 is 0 Å². The fourth-order valence-electron chi connectivity index (χ4n) is 1.81. The van der Waals surface area contributed by atoms with Crippen LogP contribution in [0.3, 0.4) is 0 Å². The molecule has 0 amide bonds. The second kappa shape index (κ2) is 5.15. The van der Waals surface area contributed by atoms with Gasteiger partial charge in [0.2, 0.25) is 0 Å². The third-order valence-corrected chi connectivity index (χ3v) is 3.98. The minimum absolute atomic E-state index is 0.176. The summed E-state index contributed by atoms with van der Waals surface area (Å²) in [6.45, 7) is 0. The Labute approximate surface area is 124 Å². The third-order valence-electron chi connectivity index (χ3n) is 2.79. The van der Waals surface area contributed by atoms with Crippen molar-refractivity contribution in [1.29, 1.82) is 0 Å². The second-order valence-electron chi connectivity index (χ2n) is 4.17. The molecule has 6 heteroatoms. The van der Waals surface area contributed by atoms with Crippen molar-refractivity contribution in [2.75, 3.05) is 5.32 Å². The Hall–Kier alpha value is -2.05. The molecule has 2 aromatic carbocycles. The van der Waals surface area contributed by atoms with Crippen molar-refractivity contribution >= 4 is 49.6 Å². The van der Waals surface area contributed by atoms with Crippen LogP contribution < -0.4 is 11.1 Å². The van der Waals surface area contributed by atoms with E-state index < -0.39 is 5.82 Å². The zero-order valence-electron chi connectivity index (χ0n) is 10.3. The van der Waals surface area contributed by atoms with Crippen LogP contribution in [-0.4, -0.2) is 9.97 Å². The topological polar surface area (TPSA) is 50.9 Å². The van der Waals surface area contributed by atoms with E-state index >= 15 is 0 Å². The highest BCUT2D eigenvalue weighted by molar-refractivity contribution is 7.80. The Morgan fingerprint density at radius 2 is 2.05 bits per heavy atom. The molecule has 0 saturated carbocycles. The van der Waals surface area contributed by atoms with Crippen molar-refractivity contribution in [1.82, 2.24) is 4.98 Å². The van der Waals surface area contributed by atoms with E-state index in [1.54, 1.807) is 12.1 Å². The Balaban J connectivity index is 1.92. The number of benzene rings is 2. The van der Waals surface area contributed by atoms with Crippen molar-refractivity contribution in [3.63, 3.8) is 0 Å². The molecule has 3 nitrogen and oxygen atoms in total. The number of hydrogen-bond acceptors (Lipinski definition) is 4. The molecule has 0 unspecified atom stereocenters. The highest BCUT2D eigenvalue weighted by atomic mass is 32.1. The van der Waals surface area contributed by atoms with Crippen molar-refractivity contribution in [3.05, 3.63) is 53.8 Å². The van der Waals surface area contributed by atoms with Gasteiger partial charge in [0.25, 0.3) is 0 Å². The largest absolute Gasteiger partial charge is 0.389 e. The number of anilines is 2. The fourth-order valence-corrected chi connectivity index (χ4v) is 2.82. The van der Waals surface area contributed by atoms with Crippen LogP contribution in [0.15, 0.2) is 42.5 Å². The summed E-state index contributed by atoms with van der Waals surface area (Å²) in [6, 6.07) is 12.4. The lowest BCUT2D eigenvalue weighted by atomic mass is 10.2. The average Bonchev–Trinajstić information content (AvgIpc) is 2.83. The van der Waals surface area contributed by atoms with Gasteiger partial charge in [-0.05, 0) is 30.3 Å². The number of rotatable bonds is 3. The average molecular weight is 303 g/mol. The van der Waals surface area contributed by atoms with Crippen molar-refractivity contribution in [2.45, 2.75) is 0 Å². The molecular weight excluding hydrogens is 293 g/mol. The van der Waals surface area contributed by atoms with E-state index in [1.807, 2.05) is 24.3 Å². The van der Waals surface area contributed by atoms with E-state index in [1.165, 1.54) is 17.4 Å². The summed E-state index contributed by atoms with van der Waals surface area (Å²) >= 11 is 6.29. The number of hydrogen-bond donors (Lipinski definition) is 2. The van der Waals surface area contributed by atoms with E-state index in [9.17, 15) is 4.39 Å². The zero-order valence-corrected chi connectivity index (χ0v) is 11.9. The molecule has 0 spiro atoms. The molecular formula is C14H10FN3S2. The van der Waals surface area contributed by atoms with Crippen LogP contribution >= 0.6 is 23.6 Å². The molecule has 3 rings (SSSR count). The van der Waals surface area contributed by atoms with Gasteiger partial charge in [-0.15, -0.1) is 0 Å². The van der Waals surface area contributed by atoms with Crippen molar-refractivity contribution in [2.24, 2.45) is 5.73 Å². The lowest BCUT2D eigenvalue weighted by Gasteiger charge is -2.05. The first-order chi connectivity index (χ1) is 9.63. The lowest BCUT2D eigenvalue weighted by Crippen LogP contribution is -2.09. The molecule has 0 aliphatic carbocycles. The van der Waals surface area contributed by atoms with Crippen molar-refractivity contribution < 1.29 is 4.39 Å². The van der Waals surface area contributed by atoms with Gasteiger partial charge < -0.3 is 11.1 Å². The molecule has 0 bridgehead atoms. The Morgan fingerprint density at radius 3 is 2.75 bits per heavy atom. The molecule has 1 aromatic heterocycles. The molecule has 0 fully saturated rings. The Kier molecular flexibility index (Phi) is 3.33. The molecule has 100 valence electrons. The predicted molar refractivity (Wildman–Crippen MR) is 85.2 cm³/mol. The number of nitrogens with zero attached hydrogens (tertiary/aromatic N) is 1. The highest BCUT2D eigenvalue weighted by Gasteiger charge is 2.08. The summed E-state index contributed by atoms with van der Waals surface area (Å²) in [5.41, 5.74) is 7.22. The first-order valence-electron chi connectivity index (χ1n) is 5.85. The normalized spacial score (nSPS) is 10.7. The Bertz CT molecular complexity index is 765. The molecule has 3 N–H and O–H groups in total. The van der Waals surface area contributed by atoms with Gasteiger partial charge in [0.1, 0.15) is 10.8 Å². The van der Waals surface area contributed by atoms with Gasteiger partial charge in [-0.3, -0.25) is 0 Å². The summed E-state index contributed by atoms with van der Waals surface area (Å²) in [4.78, 5) is 4.57. The standard InChI is InChI=1S/C14H10FN3S2/c15-9-7-8(13(16)19)5-6-10(9)17-14-18-11-3-1-2-4-12(11)20-14/h1-7H,(H2,16,19)(H,17,18). The first kappa shape index (κ1) is 13.0. The lowest BCUT2D eigenvalue weighted by molar-refractivity contribution is 0.631. The van der Waals surface area contributed by atoms with Crippen LogP contribution in [0.25, 0.3) is 10.2 Å². The van der Waals surface area contributed by atoms with E-state index in [2.05, 4.69) is 10.3 Å². The maximum absolute atomic E-state index is 14.0. The summed E-state index contributed by atoms with van der Waals surface area (Å²) < 4.78 is 15.0. The highest BCUT2D eigenvalue weighted by Crippen LogP contribution is 2.29. The monoisotopic (exact) mass is 303 g/mol. The number of thiazole rings is 1. The number of aromatic nitrogens is 1. The van der Waals surface area contributed by atoms with E-state index in [0.717, 1.165) is 10.2 Å². The number of nitrogens with one attached hydrogen (secondary N) is 1. The number of thiocarbonyl (C=S) groups is 1. The van der Waals surface area contributed by atoms with Gasteiger partial charge in [-0.1, -0.05) is 35.7 Å². The minimum Gasteiger partial charge on any atom is -0.389 e. The van der Waals surface area contributed by atoms with Gasteiger partial charge in [-0.2, -0.15) is 0 Å². The van der Waals surface area contributed by atoms with Crippen LogP contribution in [-0.2, 0) is 0 Å². The minimum atomic E-state index is -0.408. The SMILES string of the molecule is NC(=S)c1ccc(Nc2nc3ccccc3s2)c(F)c1. The molecule has 1 heterocycles. The molecule has 3 aromatic rings. The first-order valence-corrected chi connectivity index (χ1v) is 7.08.